The number of carbonyl (C=O) groups is 1. The van der Waals surface area contributed by atoms with E-state index in [4.69, 9.17) is 4.74 Å². The molecule has 4 rings (SSSR count). The van der Waals surface area contributed by atoms with Gasteiger partial charge in [0.15, 0.2) is 11.6 Å². The van der Waals surface area contributed by atoms with Crippen LogP contribution in [0.2, 0.25) is 0 Å². The summed E-state index contributed by atoms with van der Waals surface area (Å²) in [5.41, 5.74) is 3.26. The Hall–Kier alpha value is -2.44. The van der Waals surface area contributed by atoms with E-state index in [0.29, 0.717) is 13.1 Å². The number of benzene rings is 2. The number of halogens is 1. The van der Waals surface area contributed by atoms with Crippen molar-refractivity contribution in [2.75, 3.05) is 51.3 Å². The fraction of sp³-hybridized carbons (Fsp3) is 0.409. The molecule has 0 unspecified atom stereocenters. The molecule has 148 valence electrons. The Bertz CT molecular complexity index is 849. The topological polar surface area (TPSA) is 36.0 Å². The minimum absolute atomic E-state index is 0.177. The maximum Gasteiger partial charge on any atom is 0.241 e. The highest BCUT2D eigenvalue weighted by Gasteiger charge is 2.27. The van der Waals surface area contributed by atoms with Crippen LogP contribution >= 0.6 is 0 Å². The van der Waals surface area contributed by atoms with Gasteiger partial charge < -0.3 is 9.64 Å². The van der Waals surface area contributed by atoms with Gasteiger partial charge in [0.25, 0.3) is 0 Å². The number of amides is 1. The molecule has 1 saturated heterocycles. The average molecular weight is 383 g/mol. The largest absolute Gasteiger partial charge is 0.494 e. The second-order valence-corrected chi connectivity index (χ2v) is 7.45. The van der Waals surface area contributed by atoms with Crippen LogP contribution in [0.15, 0.2) is 42.5 Å². The highest BCUT2D eigenvalue weighted by Crippen LogP contribution is 2.27. The molecule has 0 spiro atoms. The van der Waals surface area contributed by atoms with Gasteiger partial charge in [-0.2, -0.15) is 0 Å². The number of anilines is 1. The van der Waals surface area contributed by atoms with Crippen molar-refractivity contribution in [3.05, 3.63) is 59.4 Å². The molecular weight excluding hydrogens is 357 g/mol. The summed E-state index contributed by atoms with van der Waals surface area (Å²) in [5.74, 6) is 0.126. The SMILES string of the molecule is COc1ccc(CN2CCN(CC(=O)N3CCc4ccccc43)CC2)cc1F. The average Bonchev–Trinajstić information content (AvgIpc) is 3.14. The summed E-state index contributed by atoms with van der Waals surface area (Å²) in [7, 11) is 1.47. The molecule has 28 heavy (non-hydrogen) atoms. The van der Waals surface area contributed by atoms with E-state index in [-0.39, 0.29) is 17.5 Å². The van der Waals surface area contributed by atoms with Gasteiger partial charge in [-0.15, -0.1) is 0 Å². The lowest BCUT2D eigenvalue weighted by Gasteiger charge is -2.35. The summed E-state index contributed by atoms with van der Waals surface area (Å²) in [6, 6.07) is 13.3. The summed E-state index contributed by atoms with van der Waals surface area (Å²) in [5, 5.41) is 0. The summed E-state index contributed by atoms with van der Waals surface area (Å²) in [6.45, 7) is 5.39. The zero-order valence-electron chi connectivity index (χ0n) is 16.2. The summed E-state index contributed by atoms with van der Waals surface area (Å²) in [4.78, 5) is 19.2. The predicted molar refractivity (Wildman–Crippen MR) is 107 cm³/mol. The van der Waals surface area contributed by atoms with E-state index in [1.807, 2.05) is 29.2 Å². The second-order valence-electron chi connectivity index (χ2n) is 7.45. The lowest BCUT2D eigenvalue weighted by Crippen LogP contribution is -2.49. The van der Waals surface area contributed by atoms with Crippen molar-refractivity contribution in [3.63, 3.8) is 0 Å². The molecule has 0 aromatic heterocycles. The van der Waals surface area contributed by atoms with Gasteiger partial charge in [-0.25, -0.2) is 4.39 Å². The van der Waals surface area contributed by atoms with Crippen molar-refractivity contribution >= 4 is 11.6 Å². The van der Waals surface area contributed by atoms with Gasteiger partial charge in [0.1, 0.15) is 0 Å². The van der Waals surface area contributed by atoms with E-state index in [2.05, 4.69) is 15.9 Å². The van der Waals surface area contributed by atoms with Gasteiger partial charge in [0.2, 0.25) is 5.91 Å². The number of rotatable bonds is 5. The number of carbonyl (C=O) groups excluding carboxylic acids is 1. The van der Waals surface area contributed by atoms with Crippen LogP contribution in [0.25, 0.3) is 0 Å². The fourth-order valence-corrected chi connectivity index (χ4v) is 4.05. The first-order valence-electron chi connectivity index (χ1n) is 9.79. The van der Waals surface area contributed by atoms with Crippen LogP contribution in [-0.4, -0.2) is 62.1 Å². The minimum atomic E-state index is -0.324. The first-order chi connectivity index (χ1) is 13.6. The molecule has 0 bridgehead atoms. The van der Waals surface area contributed by atoms with Gasteiger partial charge in [-0.1, -0.05) is 24.3 Å². The van der Waals surface area contributed by atoms with Crippen molar-refractivity contribution in [1.82, 2.24) is 9.80 Å². The first kappa shape index (κ1) is 18.9. The number of hydrogen-bond donors (Lipinski definition) is 0. The van der Waals surface area contributed by atoms with Crippen LogP contribution in [0.4, 0.5) is 10.1 Å². The Balaban J connectivity index is 1.28. The maximum atomic E-state index is 13.9. The van der Waals surface area contributed by atoms with Gasteiger partial charge in [-0.3, -0.25) is 14.6 Å². The third-order valence-electron chi connectivity index (χ3n) is 5.63. The predicted octanol–water partition coefficient (Wildman–Crippen LogP) is 2.54. The quantitative estimate of drug-likeness (QED) is 0.795. The zero-order chi connectivity index (χ0) is 19.5. The van der Waals surface area contributed by atoms with Crippen LogP contribution in [0.5, 0.6) is 5.75 Å². The summed E-state index contributed by atoms with van der Waals surface area (Å²) in [6.07, 6.45) is 0.939. The van der Waals surface area contributed by atoms with Crippen molar-refractivity contribution < 1.29 is 13.9 Å². The van der Waals surface area contributed by atoms with Gasteiger partial charge in [-0.05, 0) is 35.7 Å². The summed E-state index contributed by atoms with van der Waals surface area (Å²) >= 11 is 0. The van der Waals surface area contributed by atoms with E-state index >= 15 is 0 Å². The van der Waals surface area contributed by atoms with E-state index in [0.717, 1.165) is 50.4 Å². The Morgan fingerprint density at radius 2 is 1.79 bits per heavy atom. The molecule has 2 aromatic carbocycles. The highest BCUT2D eigenvalue weighted by molar-refractivity contribution is 5.96. The molecular formula is C22H26FN3O2. The molecule has 1 fully saturated rings. The molecule has 2 aromatic rings. The molecule has 2 aliphatic heterocycles. The third kappa shape index (κ3) is 4.03. The molecule has 0 N–H and O–H groups in total. The van der Waals surface area contributed by atoms with E-state index in [9.17, 15) is 9.18 Å². The highest BCUT2D eigenvalue weighted by atomic mass is 19.1. The van der Waals surface area contributed by atoms with E-state index in [1.54, 1.807) is 12.1 Å². The maximum absolute atomic E-state index is 13.9. The number of nitrogens with zero attached hydrogens (tertiary/aromatic N) is 3. The smallest absolute Gasteiger partial charge is 0.241 e. The molecule has 5 nitrogen and oxygen atoms in total. The van der Waals surface area contributed by atoms with Crippen LogP contribution in [0.1, 0.15) is 11.1 Å². The van der Waals surface area contributed by atoms with Gasteiger partial charge >= 0.3 is 0 Å². The standard InChI is InChI=1S/C22H26FN3O2/c1-28-21-7-6-17(14-19(21)23)15-24-10-12-25(13-11-24)16-22(27)26-9-8-18-4-2-3-5-20(18)26/h2-7,14H,8-13,15-16H2,1H3. The lowest BCUT2D eigenvalue weighted by atomic mass is 10.1. The van der Waals surface area contributed by atoms with Crippen molar-refractivity contribution in [1.29, 1.82) is 0 Å². The van der Waals surface area contributed by atoms with Gasteiger partial charge in [0, 0.05) is 45.0 Å². The fourth-order valence-electron chi connectivity index (χ4n) is 4.05. The lowest BCUT2D eigenvalue weighted by molar-refractivity contribution is -0.120. The molecule has 2 heterocycles. The number of ether oxygens (including phenoxy) is 1. The molecule has 2 aliphatic rings. The number of para-hydroxylation sites is 1. The van der Waals surface area contributed by atoms with Crippen LogP contribution in [0.3, 0.4) is 0 Å². The minimum Gasteiger partial charge on any atom is -0.494 e. The monoisotopic (exact) mass is 383 g/mol. The number of fused-ring (bicyclic) bond motifs is 1. The third-order valence-corrected chi connectivity index (χ3v) is 5.63. The number of hydrogen-bond acceptors (Lipinski definition) is 4. The molecule has 1 amide bonds. The van der Waals surface area contributed by atoms with Crippen LogP contribution in [0, 0.1) is 5.82 Å². The Morgan fingerprint density at radius 1 is 1.04 bits per heavy atom. The first-order valence-corrected chi connectivity index (χ1v) is 9.79. The van der Waals surface area contributed by atoms with Gasteiger partial charge in [0.05, 0.1) is 13.7 Å². The van der Waals surface area contributed by atoms with Crippen LogP contribution < -0.4 is 9.64 Å². The molecule has 0 saturated carbocycles. The Morgan fingerprint density at radius 3 is 2.54 bits per heavy atom. The molecule has 0 atom stereocenters. The second kappa shape index (κ2) is 8.29. The molecule has 0 radical (unpaired) electrons. The number of methoxy groups -OCH3 is 1. The normalized spacial score (nSPS) is 17.6. The van der Waals surface area contributed by atoms with Crippen molar-refractivity contribution in [2.45, 2.75) is 13.0 Å². The van der Waals surface area contributed by atoms with E-state index < -0.39 is 0 Å². The molecule has 6 heteroatoms. The van der Waals surface area contributed by atoms with Crippen molar-refractivity contribution in [2.24, 2.45) is 0 Å². The van der Waals surface area contributed by atoms with Crippen molar-refractivity contribution in [3.8, 4) is 5.75 Å². The zero-order valence-corrected chi connectivity index (χ0v) is 16.2. The Labute approximate surface area is 165 Å². The van der Waals surface area contributed by atoms with Crippen LogP contribution in [-0.2, 0) is 17.8 Å². The Kier molecular flexibility index (Phi) is 5.59. The summed E-state index contributed by atoms with van der Waals surface area (Å²) < 4.78 is 18.8. The molecule has 0 aliphatic carbocycles. The van der Waals surface area contributed by atoms with E-state index in [1.165, 1.54) is 12.7 Å². The number of piperazine rings is 1.